The molecule has 0 aromatic heterocycles. The average molecular weight is 200 g/mol. The summed E-state index contributed by atoms with van der Waals surface area (Å²) in [6.45, 7) is 6.07. The maximum absolute atomic E-state index is 11.3. The lowest BCUT2D eigenvalue weighted by Gasteiger charge is -2.17. The lowest BCUT2D eigenvalue weighted by Crippen LogP contribution is -2.36. The Morgan fingerprint density at radius 3 is 2.21 bits per heavy atom. The van der Waals surface area contributed by atoms with Crippen LogP contribution in [-0.4, -0.2) is 17.9 Å². The molecule has 0 heterocycles. The molecular weight excluding hydrogens is 180 g/mol. The van der Waals surface area contributed by atoms with E-state index in [0.717, 1.165) is 0 Å². The first kappa shape index (κ1) is 12.9. The molecule has 0 fully saturated rings. The predicted molar refractivity (Wildman–Crippen MR) is 55.5 cm³/mol. The van der Waals surface area contributed by atoms with Crippen molar-refractivity contribution in [2.24, 2.45) is 11.7 Å². The van der Waals surface area contributed by atoms with Crippen LogP contribution in [0.3, 0.4) is 0 Å². The van der Waals surface area contributed by atoms with Crippen LogP contribution in [0.15, 0.2) is 0 Å². The summed E-state index contributed by atoms with van der Waals surface area (Å²) < 4.78 is 0. The van der Waals surface area contributed by atoms with Gasteiger partial charge in [0.05, 0.1) is 0 Å². The number of rotatable bonds is 6. The van der Waals surface area contributed by atoms with Crippen molar-refractivity contribution in [3.05, 3.63) is 0 Å². The highest BCUT2D eigenvalue weighted by Crippen LogP contribution is 2.01. The minimum atomic E-state index is -0.352. The second-order valence-electron chi connectivity index (χ2n) is 3.92. The molecule has 1 unspecified atom stereocenters. The third-order valence-electron chi connectivity index (χ3n) is 2.22. The number of nitrogens with two attached hydrogens (primary N) is 1. The highest BCUT2D eigenvalue weighted by atomic mass is 16.2. The Bertz CT molecular complexity index is 202. The SMILES string of the molecule is CC(C)C(C)NC(=O)CCCC(N)=O. The summed E-state index contributed by atoms with van der Waals surface area (Å²) >= 11 is 0. The zero-order chi connectivity index (χ0) is 11.1. The molecule has 0 aromatic rings. The molecule has 0 radical (unpaired) electrons. The van der Waals surface area contributed by atoms with Crippen LogP contribution < -0.4 is 11.1 Å². The van der Waals surface area contributed by atoms with E-state index in [4.69, 9.17) is 5.73 Å². The Balaban J connectivity index is 3.60. The lowest BCUT2D eigenvalue weighted by molar-refractivity contribution is -0.122. The minimum absolute atomic E-state index is 0.00699. The summed E-state index contributed by atoms with van der Waals surface area (Å²) in [5.41, 5.74) is 4.96. The van der Waals surface area contributed by atoms with Crippen LogP contribution in [0.5, 0.6) is 0 Å². The fourth-order valence-corrected chi connectivity index (χ4v) is 0.916. The maximum atomic E-state index is 11.3. The molecule has 2 amide bonds. The van der Waals surface area contributed by atoms with E-state index in [1.165, 1.54) is 0 Å². The van der Waals surface area contributed by atoms with Crippen LogP contribution >= 0.6 is 0 Å². The van der Waals surface area contributed by atoms with Gasteiger partial charge in [-0.3, -0.25) is 9.59 Å². The van der Waals surface area contributed by atoms with Crippen molar-refractivity contribution in [3.8, 4) is 0 Å². The average Bonchev–Trinajstić information content (AvgIpc) is 2.02. The summed E-state index contributed by atoms with van der Waals surface area (Å²) in [5.74, 6) is 0.0669. The van der Waals surface area contributed by atoms with E-state index in [0.29, 0.717) is 18.8 Å². The molecular formula is C10H20N2O2. The van der Waals surface area contributed by atoms with Gasteiger partial charge in [-0.15, -0.1) is 0 Å². The molecule has 0 rings (SSSR count). The van der Waals surface area contributed by atoms with Crippen molar-refractivity contribution in [2.45, 2.75) is 46.1 Å². The molecule has 82 valence electrons. The van der Waals surface area contributed by atoms with Crippen LogP contribution in [0.4, 0.5) is 0 Å². The van der Waals surface area contributed by atoms with Crippen molar-refractivity contribution in [1.29, 1.82) is 0 Å². The molecule has 0 aliphatic heterocycles. The Hall–Kier alpha value is -1.06. The van der Waals surface area contributed by atoms with Gasteiger partial charge >= 0.3 is 0 Å². The Morgan fingerprint density at radius 2 is 1.79 bits per heavy atom. The summed E-state index contributed by atoms with van der Waals surface area (Å²) in [6.07, 6.45) is 1.19. The minimum Gasteiger partial charge on any atom is -0.370 e. The third-order valence-corrected chi connectivity index (χ3v) is 2.22. The Kier molecular flexibility index (Phi) is 5.92. The van der Waals surface area contributed by atoms with E-state index in [-0.39, 0.29) is 24.3 Å². The normalized spacial score (nSPS) is 12.6. The second kappa shape index (κ2) is 6.40. The van der Waals surface area contributed by atoms with E-state index < -0.39 is 0 Å². The number of hydrogen-bond donors (Lipinski definition) is 2. The van der Waals surface area contributed by atoms with Gasteiger partial charge in [0.25, 0.3) is 0 Å². The van der Waals surface area contributed by atoms with Gasteiger partial charge in [-0.25, -0.2) is 0 Å². The number of primary amides is 1. The fraction of sp³-hybridized carbons (Fsp3) is 0.800. The standard InChI is InChI=1S/C10H20N2O2/c1-7(2)8(3)12-10(14)6-4-5-9(11)13/h7-8H,4-6H2,1-3H3,(H2,11,13)(H,12,14). The van der Waals surface area contributed by atoms with Gasteiger partial charge in [-0.2, -0.15) is 0 Å². The van der Waals surface area contributed by atoms with Crippen molar-refractivity contribution in [1.82, 2.24) is 5.32 Å². The van der Waals surface area contributed by atoms with Crippen LogP contribution in [0, 0.1) is 5.92 Å². The molecule has 0 aliphatic carbocycles. The van der Waals surface area contributed by atoms with Crippen LogP contribution in [0.25, 0.3) is 0 Å². The van der Waals surface area contributed by atoms with E-state index in [9.17, 15) is 9.59 Å². The number of amides is 2. The van der Waals surface area contributed by atoms with E-state index in [2.05, 4.69) is 5.32 Å². The van der Waals surface area contributed by atoms with Crippen molar-refractivity contribution in [3.63, 3.8) is 0 Å². The van der Waals surface area contributed by atoms with Gasteiger partial charge in [0.1, 0.15) is 0 Å². The molecule has 0 saturated carbocycles. The molecule has 4 nitrogen and oxygen atoms in total. The van der Waals surface area contributed by atoms with Crippen LogP contribution in [0.1, 0.15) is 40.0 Å². The Labute approximate surface area is 85.2 Å². The molecule has 0 saturated heterocycles. The van der Waals surface area contributed by atoms with E-state index >= 15 is 0 Å². The number of nitrogens with one attached hydrogen (secondary N) is 1. The number of carbonyl (C=O) groups is 2. The van der Waals surface area contributed by atoms with Crippen molar-refractivity contribution < 1.29 is 9.59 Å². The highest BCUT2D eigenvalue weighted by Gasteiger charge is 2.10. The van der Waals surface area contributed by atoms with Gasteiger partial charge in [-0.1, -0.05) is 13.8 Å². The number of hydrogen-bond acceptors (Lipinski definition) is 2. The smallest absolute Gasteiger partial charge is 0.220 e. The molecule has 0 spiro atoms. The van der Waals surface area contributed by atoms with Crippen molar-refractivity contribution >= 4 is 11.8 Å². The summed E-state index contributed by atoms with van der Waals surface area (Å²) in [6, 6.07) is 0.177. The van der Waals surface area contributed by atoms with Gasteiger partial charge in [0.15, 0.2) is 0 Å². The van der Waals surface area contributed by atoms with Gasteiger partial charge < -0.3 is 11.1 Å². The van der Waals surface area contributed by atoms with Crippen LogP contribution in [-0.2, 0) is 9.59 Å². The first-order chi connectivity index (χ1) is 6.43. The quantitative estimate of drug-likeness (QED) is 0.665. The van der Waals surface area contributed by atoms with Gasteiger partial charge in [0.2, 0.25) is 11.8 Å². The first-order valence-corrected chi connectivity index (χ1v) is 5.01. The first-order valence-electron chi connectivity index (χ1n) is 5.01. The second-order valence-corrected chi connectivity index (χ2v) is 3.92. The third kappa shape index (κ3) is 6.46. The Morgan fingerprint density at radius 1 is 1.21 bits per heavy atom. The summed E-state index contributed by atoms with van der Waals surface area (Å²) in [7, 11) is 0. The molecule has 0 aromatic carbocycles. The zero-order valence-electron chi connectivity index (χ0n) is 9.17. The molecule has 0 aliphatic rings. The van der Waals surface area contributed by atoms with Crippen molar-refractivity contribution in [2.75, 3.05) is 0 Å². The maximum Gasteiger partial charge on any atom is 0.220 e. The molecule has 0 bridgehead atoms. The molecule has 4 heteroatoms. The van der Waals surface area contributed by atoms with Gasteiger partial charge in [-0.05, 0) is 19.3 Å². The molecule has 14 heavy (non-hydrogen) atoms. The summed E-state index contributed by atoms with van der Waals surface area (Å²) in [4.78, 5) is 21.7. The fourth-order valence-electron chi connectivity index (χ4n) is 0.916. The van der Waals surface area contributed by atoms with E-state index in [1.54, 1.807) is 0 Å². The predicted octanol–water partition coefficient (Wildman–Crippen LogP) is 0.803. The number of carbonyl (C=O) groups excluding carboxylic acids is 2. The zero-order valence-corrected chi connectivity index (χ0v) is 9.17. The summed E-state index contributed by atoms with van der Waals surface area (Å²) in [5, 5.41) is 2.86. The molecule has 1 atom stereocenters. The molecule has 3 N–H and O–H groups in total. The van der Waals surface area contributed by atoms with Gasteiger partial charge in [0, 0.05) is 18.9 Å². The lowest BCUT2D eigenvalue weighted by atomic mass is 10.1. The van der Waals surface area contributed by atoms with Crippen LogP contribution in [0.2, 0.25) is 0 Å². The highest BCUT2D eigenvalue weighted by molar-refractivity contribution is 5.78. The monoisotopic (exact) mass is 200 g/mol. The largest absolute Gasteiger partial charge is 0.370 e. The van der Waals surface area contributed by atoms with E-state index in [1.807, 2.05) is 20.8 Å². The topological polar surface area (TPSA) is 72.2 Å².